The maximum atomic E-state index is 12.3. The number of aliphatic carboxylic acids is 1. The second-order valence-electron chi connectivity index (χ2n) is 9.23. The molecule has 0 heterocycles. The highest BCUT2D eigenvalue weighted by Crippen LogP contribution is 2.34. The van der Waals surface area contributed by atoms with Crippen molar-refractivity contribution in [1.82, 2.24) is 5.32 Å². The van der Waals surface area contributed by atoms with E-state index in [2.05, 4.69) is 5.32 Å². The third kappa shape index (κ3) is 4.69. The van der Waals surface area contributed by atoms with Crippen LogP contribution in [0, 0.1) is 0 Å². The van der Waals surface area contributed by atoms with Gasteiger partial charge in [-0.15, -0.1) is 0 Å². The first-order valence-electron chi connectivity index (χ1n) is 10.7. The number of alkyl carbamates (subject to hydrolysis) is 1. The third-order valence-corrected chi connectivity index (χ3v) is 5.60. The molecule has 166 valence electrons. The van der Waals surface area contributed by atoms with Gasteiger partial charge in [-0.05, 0) is 79.8 Å². The largest absolute Gasteiger partial charge is 0.479 e. The fourth-order valence-electron chi connectivity index (χ4n) is 4.04. The minimum atomic E-state index is -1.42. The van der Waals surface area contributed by atoms with Crippen LogP contribution in [0.25, 0.3) is 10.8 Å². The second kappa shape index (κ2) is 8.19. The van der Waals surface area contributed by atoms with E-state index >= 15 is 0 Å². The number of aryl methyl sites for hydroxylation is 1. The highest BCUT2D eigenvalue weighted by molar-refractivity contribution is 5.85. The molecule has 1 unspecified atom stereocenters. The van der Waals surface area contributed by atoms with Crippen LogP contribution < -0.4 is 10.1 Å². The van der Waals surface area contributed by atoms with E-state index in [0.29, 0.717) is 24.3 Å². The molecular weight excluding hydrogens is 406 g/mol. The van der Waals surface area contributed by atoms with Crippen molar-refractivity contribution in [3.05, 3.63) is 71.8 Å². The van der Waals surface area contributed by atoms with Gasteiger partial charge in [-0.25, -0.2) is 9.59 Å². The van der Waals surface area contributed by atoms with Gasteiger partial charge in [0, 0.05) is 6.42 Å². The zero-order valence-corrected chi connectivity index (χ0v) is 18.5. The first-order valence-corrected chi connectivity index (χ1v) is 10.7. The van der Waals surface area contributed by atoms with Gasteiger partial charge < -0.3 is 19.9 Å². The summed E-state index contributed by atoms with van der Waals surface area (Å²) in [4.78, 5) is 24.5. The molecule has 0 radical (unpaired) electrons. The molecule has 0 aromatic heterocycles. The van der Waals surface area contributed by atoms with Crippen LogP contribution in [-0.2, 0) is 22.4 Å². The quantitative estimate of drug-likeness (QED) is 0.570. The summed E-state index contributed by atoms with van der Waals surface area (Å²) in [7, 11) is 0. The molecule has 3 aromatic rings. The lowest BCUT2D eigenvalue weighted by Gasteiger charge is -2.35. The lowest BCUT2D eigenvalue weighted by Crippen LogP contribution is -2.58. The van der Waals surface area contributed by atoms with Crippen molar-refractivity contribution in [2.75, 3.05) is 0 Å². The second-order valence-corrected chi connectivity index (χ2v) is 9.23. The van der Waals surface area contributed by atoms with Crippen molar-refractivity contribution in [3.63, 3.8) is 0 Å². The number of carboxylic acids is 1. The average molecular weight is 434 g/mol. The zero-order chi connectivity index (χ0) is 22.9. The van der Waals surface area contributed by atoms with Gasteiger partial charge in [0.15, 0.2) is 0 Å². The maximum Gasteiger partial charge on any atom is 0.408 e. The molecule has 0 bridgehead atoms. The Labute approximate surface area is 187 Å². The number of amides is 1. The van der Waals surface area contributed by atoms with E-state index in [1.165, 1.54) is 0 Å². The highest BCUT2D eigenvalue weighted by Gasteiger charge is 2.44. The Balaban J connectivity index is 1.57. The Morgan fingerprint density at radius 2 is 1.62 bits per heavy atom. The van der Waals surface area contributed by atoms with Crippen molar-refractivity contribution in [2.24, 2.45) is 0 Å². The van der Waals surface area contributed by atoms with E-state index in [4.69, 9.17) is 9.47 Å². The molecule has 0 saturated heterocycles. The molecule has 6 heteroatoms. The minimum absolute atomic E-state index is 0.159. The zero-order valence-electron chi connectivity index (χ0n) is 18.5. The molecule has 0 fully saturated rings. The van der Waals surface area contributed by atoms with Gasteiger partial charge in [0.2, 0.25) is 0 Å². The van der Waals surface area contributed by atoms with Gasteiger partial charge >= 0.3 is 12.1 Å². The predicted octanol–water partition coefficient (Wildman–Crippen LogP) is 5.47. The van der Waals surface area contributed by atoms with Crippen molar-refractivity contribution < 1.29 is 24.2 Å². The highest BCUT2D eigenvalue weighted by atomic mass is 16.6. The molecule has 6 nitrogen and oxygen atoms in total. The number of fused-ring (bicyclic) bond motifs is 2. The van der Waals surface area contributed by atoms with E-state index in [1.807, 2.05) is 60.7 Å². The molecule has 1 aliphatic carbocycles. The Hall–Kier alpha value is -3.54. The Kier molecular flexibility index (Phi) is 5.55. The molecule has 0 spiro atoms. The lowest BCUT2D eigenvalue weighted by atomic mass is 9.78. The Morgan fingerprint density at radius 1 is 0.938 bits per heavy atom. The van der Waals surface area contributed by atoms with Crippen LogP contribution in [0.3, 0.4) is 0 Å². The number of nitrogens with one attached hydrogen (secondary N) is 1. The fourth-order valence-corrected chi connectivity index (χ4v) is 4.04. The molecular formula is C26H27NO5. The average Bonchev–Trinajstić information content (AvgIpc) is 2.72. The number of rotatable bonds is 4. The first-order chi connectivity index (χ1) is 15.1. The fraction of sp³-hybridized carbons (Fsp3) is 0.308. The van der Waals surface area contributed by atoms with Gasteiger partial charge in [-0.1, -0.05) is 36.4 Å². The molecule has 0 aliphatic heterocycles. The molecule has 32 heavy (non-hydrogen) atoms. The van der Waals surface area contributed by atoms with Crippen molar-refractivity contribution >= 4 is 22.8 Å². The van der Waals surface area contributed by atoms with E-state index in [9.17, 15) is 14.7 Å². The summed E-state index contributed by atoms with van der Waals surface area (Å²) in [5.41, 5.74) is -0.236. The van der Waals surface area contributed by atoms with E-state index in [0.717, 1.165) is 21.9 Å². The monoisotopic (exact) mass is 433 g/mol. The number of ether oxygens (including phenoxy) is 2. The number of hydrogen-bond acceptors (Lipinski definition) is 4. The third-order valence-electron chi connectivity index (χ3n) is 5.60. The summed E-state index contributed by atoms with van der Waals surface area (Å²) < 4.78 is 11.4. The predicted molar refractivity (Wildman–Crippen MR) is 122 cm³/mol. The summed E-state index contributed by atoms with van der Waals surface area (Å²) >= 11 is 0. The van der Waals surface area contributed by atoms with E-state index in [-0.39, 0.29) is 6.42 Å². The number of carboxylic acid groups (broad SMARTS) is 1. The smallest absolute Gasteiger partial charge is 0.408 e. The number of benzene rings is 3. The van der Waals surface area contributed by atoms with Crippen molar-refractivity contribution in [1.29, 1.82) is 0 Å². The van der Waals surface area contributed by atoms with Crippen LogP contribution in [0.15, 0.2) is 60.7 Å². The summed E-state index contributed by atoms with van der Waals surface area (Å²) in [5, 5.41) is 14.8. The summed E-state index contributed by atoms with van der Waals surface area (Å²) in [6, 6.07) is 19.6. The summed E-state index contributed by atoms with van der Waals surface area (Å²) in [6.45, 7) is 5.23. The lowest BCUT2D eigenvalue weighted by molar-refractivity contribution is -0.145. The van der Waals surface area contributed by atoms with Crippen LogP contribution in [0.5, 0.6) is 11.5 Å². The van der Waals surface area contributed by atoms with Crippen LogP contribution in [0.1, 0.15) is 38.3 Å². The van der Waals surface area contributed by atoms with Gasteiger partial charge in [-0.3, -0.25) is 0 Å². The summed E-state index contributed by atoms with van der Waals surface area (Å²) in [5.74, 6) is 0.253. The summed E-state index contributed by atoms with van der Waals surface area (Å²) in [6.07, 6.45) is 0.255. The standard InChI is InChI=1S/C26H27NO5/c1-25(2,3)32-24(30)27-26(23(28)29)13-12-18-9-11-22(15-20(18)16-26)31-21-10-8-17-6-4-5-7-19(17)14-21/h4-11,14-15H,12-13,16H2,1-3H3,(H,27,30)(H,28,29). The van der Waals surface area contributed by atoms with Crippen LogP contribution in [-0.4, -0.2) is 28.3 Å². The SMILES string of the molecule is CC(C)(C)OC(=O)NC1(C(=O)O)CCc2ccc(Oc3ccc4ccccc4c3)cc2C1. The number of carbonyl (C=O) groups is 2. The van der Waals surface area contributed by atoms with Crippen LogP contribution in [0.2, 0.25) is 0 Å². The van der Waals surface area contributed by atoms with E-state index in [1.54, 1.807) is 20.8 Å². The first kappa shape index (κ1) is 21.7. The van der Waals surface area contributed by atoms with E-state index < -0.39 is 23.2 Å². The van der Waals surface area contributed by atoms with Gasteiger partial charge in [0.1, 0.15) is 22.6 Å². The molecule has 3 aromatic carbocycles. The molecule has 4 rings (SSSR count). The van der Waals surface area contributed by atoms with Gasteiger partial charge in [0.05, 0.1) is 0 Å². The molecule has 1 aliphatic rings. The Morgan fingerprint density at radius 3 is 2.34 bits per heavy atom. The molecule has 0 saturated carbocycles. The molecule has 1 atom stereocenters. The molecule has 1 amide bonds. The topological polar surface area (TPSA) is 84.9 Å². The minimum Gasteiger partial charge on any atom is -0.479 e. The number of hydrogen-bond donors (Lipinski definition) is 2. The van der Waals surface area contributed by atoms with Crippen LogP contribution in [0.4, 0.5) is 4.79 Å². The van der Waals surface area contributed by atoms with Crippen molar-refractivity contribution in [2.45, 2.75) is 51.2 Å². The van der Waals surface area contributed by atoms with Gasteiger partial charge in [-0.2, -0.15) is 0 Å². The number of carbonyl (C=O) groups excluding carboxylic acids is 1. The van der Waals surface area contributed by atoms with Crippen LogP contribution >= 0.6 is 0 Å². The Bertz CT molecular complexity index is 1180. The normalized spacial score (nSPS) is 18.0. The van der Waals surface area contributed by atoms with Gasteiger partial charge in [0.25, 0.3) is 0 Å². The maximum absolute atomic E-state index is 12.3. The molecule has 2 N–H and O–H groups in total. The van der Waals surface area contributed by atoms with Crippen molar-refractivity contribution in [3.8, 4) is 11.5 Å².